The third-order valence-corrected chi connectivity index (χ3v) is 2.76. The van der Waals surface area contributed by atoms with E-state index in [9.17, 15) is 4.79 Å². The van der Waals surface area contributed by atoms with Crippen LogP contribution in [-0.4, -0.2) is 34.7 Å². The Kier molecular flexibility index (Phi) is 5.11. The summed E-state index contributed by atoms with van der Waals surface area (Å²) in [5.41, 5.74) is 1.12. The van der Waals surface area contributed by atoms with E-state index in [1.165, 1.54) is 7.11 Å². The van der Waals surface area contributed by atoms with Gasteiger partial charge in [-0.05, 0) is 12.0 Å². The van der Waals surface area contributed by atoms with Gasteiger partial charge >= 0.3 is 5.97 Å². The lowest BCUT2D eigenvalue weighted by Crippen LogP contribution is -2.09. The number of esters is 1. The van der Waals surface area contributed by atoms with Gasteiger partial charge in [-0.2, -0.15) is 0 Å². The maximum Gasteiger partial charge on any atom is 0.305 e. The van der Waals surface area contributed by atoms with Crippen molar-refractivity contribution in [3.05, 3.63) is 42.1 Å². The Hall–Kier alpha value is -2.37. The lowest BCUT2D eigenvalue weighted by atomic mass is 10.2. The lowest BCUT2D eigenvalue weighted by molar-refractivity contribution is -0.140. The number of hydrogen-bond acceptors (Lipinski definition) is 5. The fourth-order valence-corrected chi connectivity index (χ4v) is 1.72. The molecule has 0 fully saturated rings. The van der Waals surface area contributed by atoms with E-state index in [-0.39, 0.29) is 5.97 Å². The molecule has 0 aliphatic carbocycles. The van der Waals surface area contributed by atoms with Crippen LogP contribution in [0.5, 0.6) is 5.88 Å². The number of carbonyl (C=O) groups excluding carboxylic acids is 1. The molecule has 1 aromatic carbocycles. The summed E-state index contributed by atoms with van der Waals surface area (Å²) < 4.78 is 11.8. The first-order chi connectivity index (χ1) is 9.79. The zero-order valence-electron chi connectivity index (χ0n) is 11.4. The minimum Gasteiger partial charge on any atom is -0.477 e. The standard InChI is InChI=1S/C14H17N3O3/c1-19-14(18)8-5-9-20-13-10-15-16-17(13)11-12-6-3-2-4-7-12/h2-4,6-7,10H,5,8-9,11H2,1H3. The summed E-state index contributed by atoms with van der Waals surface area (Å²) in [6.07, 6.45) is 2.51. The Labute approximate surface area is 117 Å². The number of carbonyl (C=O) groups is 1. The van der Waals surface area contributed by atoms with Crippen LogP contribution in [-0.2, 0) is 16.1 Å². The summed E-state index contributed by atoms with van der Waals surface area (Å²) >= 11 is 0. The third-order valence-electron chi connectivity index (χ3n) is 2.76. The molecular formula is C14H17N3O3. The van der Waals surface area contributed by atoms with Gasteiger partial charge in [-0.25, -0.2) is 4.68 Å². The average molecular weight is 275 g/mol. The molecule has 0 unspecified atom stereocenters. The highest BCUT2D eigenvalue weighted by Crippen LogP contribution is 2.11. The van der Waals surface area contributed by atoms with Gasteiger partial charge in [0.05, 0.1) is 20.3 Å². The van der Waals surface area contributed by atoms with Crippen molar-refractivity contribution in [3.8, 4) is 5.88 Å². The van der Waals surface area contributed by atoms with Gasteiger partial charge in [-0.1, -0.05) is 35.5 Å². The highest BCUT2D eigenvalue weighted by molar-refractivity contribution is 5.68. The average Bonchev–Trinajstić information content (AvgIpc) is 2.91. The molecule has 20 heavy (non-hydrogen) atoms. The van der Waals surface area contributed by atoms with Crippen LogP contribution < -0.4 is 4.74 Å². The smallest absolute Gasteiger partial charge is 0.305 e. The van der Waals surface area contributed by atoms with E-state index in [4.69, 9.17) is 4.74 Å². The third kappa shape index (κ3) is 4.08. The van der Waals surface area contributed by atoms with Gasteiger partial charge in [0.1, 0.15) is 6.20 Å². The Bertz CT molecular complexity index is 540. The van der Waals surface area contributed by atoms with Crippen LogP contribution in [0.25, 0.3) is 0 Å². The first kappa shape index (κ1) is 14.0. The SMILES string of the molecule is COC(=O)CCCOc1cnnn1Cc1ccccc1. The molecule has 6 heteroatoms. The van der Waals surface area contributed by atoms with Gasteiger partial charge in [0, 0.05) is 6.42 Å². The predicted octanol–water partition coefficient (Wildman–Crippen LogP) is 1.66. The number of aromatic nitrogens is 3. The summed E-state index contributed by atoms with van der Waals surface area (Å²) in [5, 5.41) is 7.84. The number of ether oxygens (including phenoxy) is 2. The van der Waals surface area contributed by atoms with Crippen molar-refractivity contribution in [3.63, 3.8) is 0 Å². The molecule has 0 aliphatic rings. The van der Waals surface area contributed by atoms with Crippen molar-refractivity contribution in [1.82, 2.24) is 15.0 Å². The molecule has 2 aromatic rings. The molecule has 1 heterocycles. The maximum atomic E-state index is 11.0. The molecule has 6 nitrogen and oxygen atoms in total. The molecule has 0 saturated heterocycles. The molecule has 0 saturated carbocycles. The van der Waals surface area contributed by atoms with Crippen LogP contribution in [0.4, 0.5) is 0 Å². The highest BCUT2D eigenvalue weighted by Gasteiger charge is 2.06. The van der Waals surface area contributed by atoms with Gasteiger partial charge in [-0.3, -0.25) is 4.79 Å². The second-order valence-electron chi connectivity index (χ2n) is 4.24. The second kappa shape index (κ2) is 7.28. The Morgan fingerprint density at radius 2 is 2.10 bits per heavy atom. The van der Waals surface area contributed by atoms with E-state index in [0.717, 1.165) is 5.56 Å². The van der Waals surface area contributed by atoms with Crippen LogP contribution in [0.1, 0.15) is 18.4 Å². The predicted molar refractivity (Wildman–Crippen MR) is 72.3 cm³/mol. The van der Waals surface area contributed by atoms with Crippen LogP contribution >= 0.6 is 0 Å². The Balaban J connectivity index is 1.84. The molecule has 0 atom stereocenters. The summed E-state index contributed by atoms with van der Waals surface area (Å²) in [7, 11) is 1.38. The molecule has 1 aromatic heterocycles. The molecule has 106 valence electrons. The fraction of sp³-hybridized carbons (Fsp3) is 0.357. The quantitative estimate of drug-likeness (QED) is 0.568. The van der Waals surface area contributed by atoms with E-state index < -0.39 is 0 Å². The van der Waals surface area contributed by atoms with Gasteiger partial charge < -0.3 is 9.47 Å². The first-order valence-corrected chi connectivity index (χ1v) is 6.41. The van der Waals surface area contributed by atoms with E-state index in [0.29, 0.717) is 31.9 Å². The topological polar surface area (TPSA) is 66.2 Å². The molecule has 0 amide bonds. The van der Waals surface area contributed by atoms with E-state index in [1.54, 1.807) is 10.9 Å². The fourth-order valence-electron chi connectivity index (χ4n) is 1.72. The Morgan fingerprint density at radius 1 is 1.30 bits per heavy atom. The van der Waals surface area contributed by atoms with Crippen LogP contribution in [0.2, 0.25) is 0 Å². The van der Waals surface area contributed by atoms with Crippen LogP contribution in [0.15, 0.2) is 36.5 Å². The highest BCUT2D eigenvalue weighted by atomic mass is 16.5. The molecule has 0 spiro atoms. The molecule has 0 aliphatic heterocycles. The van der Waals surface area contributed by atoms with Gasteiger partial charge in [0.25, 0.3) is 0 Å². The minimum absolute atomic E-state index is 0.232. The summed E-state index contributed by atoms with van der Waals surface area (Å²) in [5.74, 6) is 0.364. The molecule has 0 N–H and O–H groups in total. The van der Waals surface area contributed by atoms with Gasteiger partial charge in [0.15, 0.2) is 0 Å². The molecule has 2 rings (SSSR count). The van der Waals surface area contributed by atoms with Crippen molar-refractivity contribution in [1.29, 1.82) is 0 Å². The van der Waals surface area contributed by atoms with E-state index in [1.807, 2.05) is 30.3 Å². The summed E-state index contributed by atoms with van der Waals surface area (Å²) in [6, 6.07) is 9.95. The maximum absolute atomic E-state index is 11.0. The van der Waals surface area contributed by atoms with E-state index in [2.05, 4.69) is 15.0 Å². The number of rotatable bonds is 7. The van der Waals surface area contributed by atoms with E-state index >= 15 is 0 Å². The number of nitrogens with zero attached hydrogens (tertiary/aromatic N) is 3. The summed E-state index contributed by atoms with van der Waals surface area (Å²) in [6.45, 7) is 1.03. The summed E-state index contributed by atoms with van der Waals surface area (Å²) in [4.78, 5) is 11.0. The number of hydrogen-bond donors (Lipinski definition) is 0. The monoisotopic (exact) mass is 275 g/mol. The van der Waals surface area contributed by atoms with Crippen LogP contribution in [0, 0.1) is 0 Å². The normalized spacial score (nSPS) is 10.2. The van der Waals surface area contributed by atoms with Crippen LogP contribution in [0.3, 0.4) is 0 Å². The molecule has 0 radical (unpaired) electrons. The van der Waals surface area contributed by atoms with Crippen molar-refractivity contribution in [2.45, 2.75) is 19.4 Å². The largest absolute Gasteiger partial charge is 0.477 e. The molecule has 0 bridgehead atoms. The van der Waals surface area contributed by atoms with Crippen molar-refractivity contribution < 1.29 is 14.3 Å². The number of methoxy groups -OCH3 is 1. The zero-order valence-corrected chi connectivity index (χ0v) is 11.4. The van der Waals surface area contributed by atoms with Gasteiger partial charge in [-0.15, -0.1) is 5.10 Å². The molecular weight excluding hydrogens is 258 g/mol. The lowest BCUT2D eigenvalue weighted by Gasteiger charge is -2.07. The van der Waals surface area contributed by atoms with Crippen molar-refractivity contribution >= 4 is 5.97 Å². The van der Waals surface area contributed by atoms with Crippen molar-refractivity contribution in [2.75, 3.05) is 13.7 Å². The number of benzene rings is 1. The van der Waals surface area contributed by atoms with Gasteiger partial charge in [0.2, 0.25) is 5.88 Å². The minimum atomic E-state index is -0.232. The first-order valence-electron chi connectivity index (χ1n) is 6.41. The van der Waals surface area contributed by atoms with Crippen molar-refractivity contribution in [2.24, 2.45) is 0 Å². The Morgan fingerprint density at radius 3 is 2.85 bits per heavy atom. The second-order valence-corrected chi connectivity index (χ2v) is 4.24. The zero-order chi connectivity index (χ0) is 14.2.